The second kappa shape index (κ2) is 10.4. The molecule has 3 aromatic carbocycles. The summed E-state index contributed by atoms with van der Waals surface area (Å²) in [6.45, 7) is -0.377. The fourth-order valence-electron chi connectivity index (χ4n) is 3.30. The summed E-state index contributed by atoms with van der Waals surface area (Å²) in [4.78, 5) is 38.8. The van der Waals surface area contributed by atoms with E-state index in [4.69, 9.17) is 27.9 Å². The topological polar surface area (TPSA) is 87.7 Å². The Labute approximate surface area is 205 Å². The first-order chi connectivity index (χ1) is 16.4. The van der Waals surface area contributed by atoms with Crippen LogP contribution in [0.2, 0.25) is 10.0 Å². The van der Waals surface area contributed by atoms with Crippen LogP contribution in [0.1, 0.15) is 5.56 Å². The second-order valence-electron chi connectivity index (χ2n) is 7.35. The molecule has 4 rings (SSSR count). The van der Waals surface area contributed by atoms with Crippen molar-refractivity contribution in [1.82, 2.24) is 0 Å². The number of amides is 3. The van der Waals surface area contributed by atoms with Gasteiger partial charge >= 0.3 is 0 Å². The molecule has 1 heterocycles. The van der Waals surface area contributed by atoms with E-state index in [0.29, 0.717) is 38.4 Å². The van der Waals surface area contributed by atoms with Crippen LogP contribution in [0, 0.1) is 0 Å². The van der Waals surface area contributed by atoms with Crippen LogP contribution in [-0.2, 0) is 14.4 Å². The first-order valence-electron chi connectivity index (χ1n) is 10.3. The second-order valence-corrected chi connectivity index (χ2v) is 8.20. The number of hydrogen-bond donors (Lipinski definition) is 2. The molecule has 1 aliphatic heterocycles. The maximum Gasteiger partial charge on any atom is 0.265 e. The lowest BCUT2D eigenvalue weighted by molar-refractivity contribution is -0.123. The van der Waals surface area contributed by atoms with Crippen molar-refractivity contribution in [3.05, 3.63) is 88.4 Å². The lowest BCUT2D eigenvalue weighted by Gasteiger charge is -2.29. The average Bonchev–Trinajstić information content (AvgIpc) is 2.81. The molecule has 0 spiro atoms. The molecule has 3 amide bonds. The zero-order valence-electron chi connectivity index (χ0n) is 17.8. The van der Waals surface area contributed by atoms with E-state index in [9.17, 15) is 14.4 Å². The van der Waals surface area contributed by atoms with Crippen molar-refractivity contribution < 1.29 is 19.1 Å². The number of carbonyl (C=O) groups is 3. The number of halogens is 2. The number of fused-ring (bicyclic) bond motifs is 1. The average molecular weight is 496 g/mol. The Kier molecular flexibility index (Phi) is 7.15. The molecule has 0 aliphatic carbocycles. The van der Waals surface area contributed by atoms with Crippen LogP contribution in [0.15, 0.2) is 72.8 Å². The van der Waals surface area contributed by atoms with Gasteiger partial charge < -0.3 is 15.4 Å². The van der Waals surface area contributed by atoms with Gasteiger partial charge in [-0.25, -0.2) is 0 Å². The van der Waals surface area contributed by atoms with Crippen LogP contribution >= 0.6 is 23.2 Å². The van der Waals surface area contributed by atoms with Crippen LogP contribution in [0.3, 0.4) is 0 Å². The van der Waals surface area contributed by atoms with Gasteiger partial charge in [-0.2, -0.15) is 0 Å². The van der Waals surface area contributed by atoms with Crippen molar-refractivity contribution in [2.24, 2.45) is 0 Å². The highest BCUT2D eigenvalue weighted by Gasteiger charge is 2.28. The minimum Gasteiger partial charge on any atom is -0.482 e. The Morgan fingerprint density at radius 2 is 1.76 bits per heavy atom. The Hall–Kier alpha value is -3.81. The Bertz CT molecular complexity index is 1280. The Morgan fingerprint density at radius 1 is 0.971 bits per heavy atom. The van der Waals surface area contributed by atoms with E-state index in [0.717, 1.165) is 0 Å². The fourth-order valence-corrected chi connectivity index (χ4v) is 3.78. The number of carbonyl (C=O) groups excluding carboxylic acids is 3. The monoisotopic (exact) mass is 495 g/mol. The molecule has 9 heteroatoms. The Morgan fingerprint density at radius 3 is 2.53 bits per heavy atom. The largest absolute Gasteiger partial charge is 0.482 e. The summed E-state index contributed by atoms with van der Waals surface area (Å²) < 4.78 is 5.48. The van der Waals surface area contributed by atoms with Crippen molar-refractivity contribution >= 4 is 64.1 Å². The number of hydrogen-bond acceptors (Lipinski definition) is 4. The summed E-state index contributed by atoms with van der Waals surface area (Å²) >= 11 is 12.0. The van der Waals surface area contributed by atoms with E-state index in [1.807, 2.05) is 6.07 Å². The summed E-state index contributed by atoms with van der Waals surface area (Å²) in [6, 6.07) is 18.8. The Balaban J connectivity index is 1.47. The number of nitrogens with one attached hydrogen (secondary N) is 2. The van der Waals surface area contributed by atoms with Gasteiger partial charge in [-0.1, -0.05) is 47.5 Å². The van der Waals surface area contributed by atoms with E-state index in [-0.39, 0.29) is 25.0 Å². The number of para-hydroxylation sites is 1. The minimum absolute atomic E-state index is 0.179. The van der Waals surface area contributed by atoms with E-state index in [1.165, 1.54) is 11.0 Å². The summed E-state index contributed by atoms with van der Waals surface area (Å²) in [5.74, 6) is -0.683. The predicted molar refractivity (Wildman–Crippen MR) is 133 cm³/mol. The maximum absolute atomic E-state index is 12.5. The van der Waals surface area contributed by atoms with Gasteiger partial charge in [-0.3, -0.25) is 19.3 Å². The number of ether oxygens (including phenoxy) is 1. The van der Waals surface area contributed by atoms with Crippen LogP contribution < -0.4 is 20.3 Å². The number of rotatable bonds is 6. The van der Waals surface area contributed by atoms with Gasteiger partial charge in [-0.05, 0) is 54.1 Å². The van der Waals surface area contributed by atoms with E-state index >= 15 is 0 Å². The third-order valence-corrected chi connectivity index (χ3v) is 5.47. The van der Waals surface area contributed by atoms with Crippen molar-refractivity contribution in [1.29, 1.82) is 0 Å². The lowest BCUT2D eigenvalue weighted by Crippen LogP contribution is -2.43. The predicted octanol–water partition coefficient (Wildman–Crippen LogP) is 5.01. The highest BCUT2D eigenvalue weighted by Crippen LogP contribution is 2.34. The van der Waals surface area contributed by atoms with Crippen molar-refractivity contribution in [3.8, 4) is 5.75 Å². The highest BCUT2D eigenvalue weighted by molar-refractivity contribution is 6.35. The van der Waals surface area contributed by atoms with Gasteiger partial charge in [0, 0.05) is 27.5 Å². The molecular formula is C25H19Cl2N3O4. The summed E-state index contributed by atoms with van der Waals surface area (Å²) in [7, 11) is 0. The third kappa shape index (κ3) is 5.75. The molecule has 0 saturated heterocycles. The number of benzene rings is 3. The normalized spacial score (nSPS) is 12.8. The molecule has 0 radical (unpaired) electrons. The number of nitrogens with zero attached hydrogens (tertiary/aromatic N) is 1. The maximum atomic E-state index is 12.5. The van der Waals surface area contributed by atoms with Crippen LogP contribution in [0.25, 0.3) is 6.08 Å². The molecule has 34 heavy (non-hydrogen) atoms. The van der Waals surface area contributed by atoms with Crippen LogP contribution in [0.5, 0.6) is 5.75 Å². The summed E-state index contributed by atoms with van der Waals surface area (Å²) in [5.41, 5.74) is 2.09. The molecule has 2 N–H and O–H groups in total. The molecule has 7 nitrogen and oxygen atoms in total. The molecule has 3 aromatic rings. The van der Waals surface area contributed by atoms with E-state index < -0.39 is 5.91 Å². The summed E-state index contributed by atoms with van der Waals surface area (Å²) in [6.07, 6.45) is 2.90. The molecule has 0 atom stereocenters. The van der Waals surface area contributed by atoms with Crippen LogP contribution in [0.4, 0.5) is 17.1 Å². The SMILES string of the molecule is O=C(/C=C/c1ccc(Cl)cc1Cl)Nc1ccc2c(c1)N(CC(=O)Nc1ccccc1)C(=O)CO2. The first-order valence-corrected chi connectivity index (χ1v) is 11.0. The smallest absolute Gasteiger partial charge is 0.265 e. The highest BCUT2D eigenvalue weighted by atomic mass is 35.5. The molecule has 0 aromatic heterocycles. The molecule has 0 bridgehead atoms. The molecule has 0 saturated carbocycles. The zero-order chi connectivity index (χ0) is 24.1. The molecule has 172 valence electrons. The molecule has 0 unspecified atom stereocenters. The van der Waals surface area contributed by atoms with Gasteiger partial charge in [-0.15, -0.1) is 0 Å². The molecule has 1 aliphatic rings. The van der Waals surface area contributed by atoms with Gasteiger partial charge in [0.05, 0.1) is 5.69 Å². The molecular weight excluding hydrogens is 477 g/mol. The van der Waals surface area contributed by atoms with Gasteiger partial charge in [0.25, 0.3) is 5.91 Å². The molecule has 0 fully saturated rings. The van der Waals surface area contributed by atoms with Crippen molar-refractivity contribution in [3.63, 3.8) is 0 Å². The fraction of sp³-hybridized carbons (Fsp3) is 0.0800. The zero-order valence-corrected chi connectivity index (χ0v) is 19.3. The van der Waals surface area contributed by atoms with Crippen molar-refractivity contribution in [2.45, 2.75) is 0 Å². The lowest BCUT2D eigenvalue weighted by atomic mass is 10.2. The van der Waals surface area contributed by atoms with Crippen molar-refractivity contribution in [2.75, 3.05) is 28.7 Å². The third-order valence-electron chi connectivity index (χ3n) is 4.91. The van der Waals surface area contributed by atoms with E-state index in [1.54, 1.807) is 66.7 Å². The van der Waals surface area contributed by atoms with Gasteiger partial charge in [0.2, 0.25) is 11.8 Å². The number of anilines is 3. The quantitative estimate of drug-likeness (QED) is 0.470. The summed E-state index contributed by atoms with van der Waals surface area (Å²) in [5, 5.41) is 6.41. The van der Waals surface area contributed by atoms with Crippen LogP contribution in [-0.4, -0.2) is 30.9 Å². The standard InChI is InChI=1S/C25H19Cl2N3O4/c26-17-8-6-16(20(27)12-17)7-11-23(31)29-19-9-10-22-21(13-19)30(25(33)15-34-22)14-24(32)28-18-4-2-1-3-5-18/h1-13H,14-15H2,(H,28,32)(H,29,31)/b11-7+. The first kappa shape index (κ1) is 23.4. The minimum atomic E-state index is -0.401. The van der Waals surface area contributed by atoms with E-state index in [2.05, 4.69) is 10.6 Å². The van der Waals surface area contributed by atoms with Gasteiger partial charge in [0.1, 0.15) is 12.3 Å². The van der Waals surface area contributed by atoms with Gasteiger partial charge in [0.15, 0.2) is 6.61 Å².